The standard InChI is InChI=1S/C13H18N2O5S/c1-9(3-2-4-12(16)17)15-21(19,20)11-7-5-10(6-8-11)13(14)18/h5-9,15H,2-4H2,1H3,(H2,14,18)(H,16,17). The van der Waals surface area contributed by atoms with Gasteiger partial charge in [0.1, 0.15) is 0 Å². The summed E-state index contributed by atoms with van der Waals surface area (Å²) in [4.78, 5) is 21.3. The lowest BCUT2D eigenvalue weighted by Gasteiger charge is -2.13. The van der Waals surface area contributed by atoms with Gasteiger partial charge < -0.3 is 10.8 Å². The first-order valence-corrected chi connectivity index (χ1v) is 7.84. The molecule has 0 aliphatic carbocycles. The van der Waals surface area contributed by atoms with E-state index in [1.54, 1.807) is 6.92 Å². The van der Waals surface area contributed by atoms with Crippen LogP contribution in [0.3, 0.4) is 0 Å². The van der Waals surface area contributed by atoms with Gasteiger partial charge in [0, 0.05) is 18.0 Å². The van der Waals surface area contributed by atoms with Crippen LogP contribution in [0, 0.1) is 0 Å². The maximum Gasteiger partial charge on any atom is 0.303 e. The molecule has 0 saturated carbocycles. The molecule has 1 atom stereocenters. The predicted octanol–water partition coefficient (Wildman–Crippen LogP) is 0.707. The van der Waals surface area contributed by atoms with E-state index in [0.29, 0.717) is 12.8 Å². The molecular weight excluding hydrogens is 296 g/mol. The maximum atomic E-state index is 12.1. The Morgan fingerprint density at radius 1 is 1.29 bits per heavy atom. The molecular formula is C13H18N2O5S. The van der Waals surface area contributed by atoms with Gasteiger partial charge in [-0.3, -0.25) is 9.59 Å². The number of hydrogen-bond donors (Lipinski definition) is 3. The fourth-order valence-corrected chi connectivity index (χ4v) is 3.03. The van der Waals surface area contributed by atoms with Crippen LogP contribution in [0.15, 0.2) is 29.2 Å². The highest BCUT2D eigenvalue weighted by Crippen LogP contribution is 2.12. The number of carboxylic acid groups (broad SMARTS) is 1. The van der Waals surface area contributed by atoms with E-state index in [1.807, 2.05) is 0 Å². The van der Waals surface area contributed by atoms with Crippen molar-refractivity contribution in [2.45, 2.75) is 37.1 Å². The quantitative estimate of drug-likeness (QED) is 0.651. The third-order valence-electron chi connectivity index (χ3n) is 2.83. The Morgan fingerprint density at radius 3 is 2.33 bits per heavy atom. The number of nitrogens with two attached hydrogens (primary N) is 1. The van der Waals surface area contributed by atoms with Gasteiger partial charge in [0.15, 0.2) is 0 Å². The number of carbonyl (C=O) groups excluding carboxylic acids is 1. The molecule has 0 bridgehead atoms. The molecule has 1 rings (SSSR count). The summed E-state index contributed by atoms with van der Waals surface area (Å²) in [7, 11) is -3.70. The monoisotopic (exact) mass is 314 g/mol. The van der Waals surface area contributed by atoms with E-state index >= 15 is 0 Å². The Labute approximate surface area is 123 Å². The van der Waals surface area contributed by atoms with Gasteiger partial charge in [-0.25, -0.2) is 13.1 Å². The molecule has 8 heteroatoms. The van der Waals surface area contributed by atoms with Gasteiger partial charge in [-0.1, -0.05) is 0 Å². The molecule has 0 aliphatic heterocycles. The Kier molecular flexibility index (Phi) is 5.86. The second kappa shape index (κ2) is 7.19. The average molecular weight is 314 g/mol. The summed E-state index contributed by atoms with van der Waals surface area (Å²) in [5, 5.41) is 8.53. The van der Waals surface area contributed by atoms with Crippen molar-refractivity contribution in [3.05, 3.63) is 29.8 Å². The van der Waals surface area contributed by atoms with E-state index in [1.165, 1.54) is 24.3 Å². The number of rotatable bonds is 8. The van der Waals surface area contributed by atoms with E-state index in [-0.39, 0.29) is 22.9 Å². The van der Waals surface area contributed by atoms with Crippen LogP contribution in [0.25, 0.3) is 0 Å². The van der Waals surface area contributed by atoms with Crippen molar-refractivity contribution in [2.75, 3.05) is 0 Å². The van der Waals surface area contributed by atoms with Crippen LogP contribution in [0.4, 0.5) is 0 Å². The predicted molar refractivity (Wildman–Crippen MR) is 76.2 cm³/mol. The summed E-state index contributed by atoms with van der Waals surface area (Å²) in [6.45, 7) is 1.66. The van der Waals surface area contributed by atoms with Crippen molar-refractivity contribution in [3.63, 3.8) is 0 Å². The van der Waals surface area contributed by atoms with E-state index < -0.39 is 21.9 Å². The van der Waals surface area contributed by atoms with Gasteiger partial charge in [-0.05, 0) is 44.0 Å². The largest absolute Gasteiger partial charge is 0.481 e. The Balaban J connectivity index is 2.68. The van der Waals surface area contributed by atoms with Gasteiger partial charge in [0.25, 0.3) is 0 Å². The summed E-state index contributed by atoms with van der Waals surface area (Å²) in [5.41, 5.74) is 5.31. The van der Waals surface area contributed by atoms with Crippen molar-refractivity contribution >= 4 is 21.9 Å². The van der Waals surface area contributed by atoms with Crippen LogP contribution in [-0.2, 0) is 14.8 Å². The van der Waals surface area contributed by atoms with Crippen molar-refractivity contribution in [1.29, 1.82) is 0 Å². The average Bonchev–Trinajstić information content (AvgIpc) is 2.37. The van der Waals surface area contributed by atoms with Crippen molar-refractivity contribution in [3.8, 4) is 0 Å². The molecule has 1 aromatic carbocycles. The fourth-order valence-electron chi connectivity index (χ4n) is 1.75. The van der Waals surface area contributed by atoms with Crippen LogP contribution in [0.2, 0.25) is 0 Å². The molecule has 0 spiro atoms. The van der Waals surface area contributed by atoms with Gasteiger partial charge >= 0.3 is 5.97 Å². The van der Waals surface area contributed by atoms with Crippen molar-refractivity contribution in [2.24, 2.45) is 5.73 Å². The topological polar surface area (TPSA) is 127 Å². The molecule has 0 saturated heterocycles. The minimum atomic E-state index is -3.70. The normalized spacial score (nSPS) is 12.8. The van der Waals surface area contributed by atoms with Gasteiger partial charge in [0.2, 0.25) is 15.9 Å². The highest BCUT2D eigenvalue weighted by Gasteiger charge is 2.17. The number of aliphatic carboxylic acids is 1. The van der Waals surface area contributed by atoms with Gasteiger partial charge in [-0.15, -0.1) is 0 Å². The Morgan fingerprint density at radius 2 is 1.86 bits per heavy atom. The number of hydrogen-bond acceptors (Lipinski definition) is 4. The molecule has 1 amide bonds. The highest BCUT2D eigenvalue weighted by atomic mass is 32.2. The van der Waals surface area contributed by atoms with Crippen LogP contribution in [0.1, 0.15) is 36.5 Å². The zero-order valence-corrected chi connectivity index (χ0v) is 12.4. The minimum absolute atomic E-state index is 0.000619. The van der Waals surface area contributed by atoms with Crippen LogP contribution < -0.4 is 10.5 Å². The first-order valence-electron chi connectivity index (χ1n) is 6.36. The molecule has 116 valence electrons. The van der Waals surface area contributed by atoms with E-state index in [9.17, 15) is 18.0 Å². The van der Waals surface area contributed by atoms with Crippen LogP contribution >= 0.6 is 0 Å². The number of primary amides is 1. The Hall–Kier alpha value is -1.93. The molecule has 0 aromatic heterocycles. The molecule has 21 heavy (non-hydrogen) atoms. The highest BCUT2D eigenvalue weighted by molar-refractivity contribution is 7.89. The first kappa shape index (κ1) is 17.1. The lowest BCUT2D eigenvalue weighted by molar-refractivity contribution is -0.137. The first-order chi connectivity index (χ1) is 9.72. The number of benzene rings is 1. The number of sulfonamides is 1. The summed E-state index contributed by atoms with van der Waals surface area (Å²) >= 11 is 0. The van der Waals surface area contributed by atoms with Gasteiger partial charge in [0.05, 0.1) is 4.90 Å². The smallest absolute Gasteiger partial charge is 0.303 e. The minimum Gasteiger partial charge on any atom is -0.481 e. The fraction of sp³-hybridized carbons (Fsp3) is 0.385. The molecule has 1 unspecified atom stereocenters. The molecule has 0 aliphatic rings. The summed E-state index contributed by atoms with van der Waals surface area (Å²) in [6.07, 6.45) is 0.809. The molecule has 7 nitrogen and oxygen atoms in total. The van der Waals surface area contributed by atoms with Crippen LogP contribution in [0.5, 0.6) is 0 Å². The maximum absolute atomic E-state index is 12.1. The zero-order valence-electron chi connectivity index (χ0n) is 11.6. The van der Waals surface area contributed by atoms with Gasteiger partial charge in [-0.2, -0.15) is 0 Å². The lowest BCUT2D eigenvalue weighted by atomic mass is 10.1. The number of amides is 1. The summed E-state index contributed by atoms with van der Waals surface area (Å²) in [5.74, 6) is -1.54. The second-order valence-electron chi connectivity index (χ2n) is 4.70. The van der Waals surface area contributed by atoms with E-state index in [0.717, 1.165) is 0 Å². The lowest BCUT2D eigenvalue weighted by Crippen LogP contribution is -2.32. The summed E-state index contributed by atoms with van der Waals surface area (Å²) < 4.78 is 26.6. The molecule has 0 heterocycles. The number of nitrogens with one attached hydrogen (secondary N) is 1. The van der Waals surface area contributed by atoms with Crippen LogP contribution in [-0.4, -0.2) is 31.4 Å². The van der Waals surface area contributed by atoms with E-state index in [4.69, 9.17) is 10.8 Å². The Bertz CT molecular complexity index is 610. The number of carbonyl (C=O) groups is 2. The molecule has 0 radical (unpaired) electrons. The molecule has 1 aromatic rings. The third kappa shape index (κ3) is 5.52. The van der Waals surface area contributed by atoms with Crippen molar-refractivity contribution < 1.29 is 23.1 Å². The van der Waals surface area contributed by atoms with Crippen molar-refractivity contribution in [1.82, 2.24) is 4.72 Å². The number of carboxylic acids is 1. The zero-order chi connectivity index (χ0) is 16.0. The molecule has 4 N–H and O–H groups in total. The third-order valence-corrected chi connectivity index (χ3v) is 4.44. The second-order valence-corrected chi connectivity index (χ2v) is 6.41. The SMILES string of the molecule is CC(CCCC(=O)O)NS(=O)(=O)c1ccc(C(N)=O)cc1. The summed E-state index contributed by atoms with van der Waals surface area (Å²) in [6, 6.07) is 4.89. The molecule has 0 fully saturated rings. The van der Waals surface area contributed by atoms with E-state index in [2.05, 4.69) is 4.72 Å².